The maximum Gasteiger partial charge on any atom is 0.411 e. The summed E-state index contributed by atoms with van der Waals surface area (Å²) in [5, 5.41) is 4.60. The van der Waals surface area contributed by atoms with Crippen LogP contribution in [0.3, 0.4) is 0 Å². The zero-order valence-electron chi connectivity index (χ0n) is 18.4. The molecule has 0 spiro atoms. The van der Waals surface area contributed by atoms with Crippen molar-refractivity contribution in [3.63, 3.8) is 0 Å². The summed E-state index contributed by atoms with van der Waals surface area (Å²) in [6.45, 7) is 4.14. The van der Waals surface area contributed by atoms with Crippen molar-refractivity contribution in [1.29, 1.82) is 0 Å². The lowest BCUT2D eigenvalue weighted by Gasteiger charge is -2.33. The van der Waals surface area contributed by atoms with Gasteiger partial charge in [0.1, 0.15) is 12.4 Å². The van der Waals surface area contributed by atoms with Crippen LogP contribution in [0.15, 0.2) is 66.1 Å². The average molecular weight is 463 g/mol. The van der Waals surface area contributed by atoms with Crippen LogP contribution in [0.2, 0.25) is 0 Å². The first-order chi connectivity index (χ1) is 16.1. The Labute approximate surface area is 197 Å². The summed E-state index contributed by atoms with van der Waals surface area (Å²) in [6, 6.07) is 16.4. The van der Waals surface area contributed by atoms with E-state index >= 15 is 0 Å². The summed E-state index contributed by atoms with van der Waals surface area (Å²) < 4.78 is 5.18. The van der Waals surface area contributed by atoms with Crippen LogP contribution < -0.4 is 10.2 Å². The van der Waals surface area contributed by atoms with E-state index in [1.165, 1.54) is 17.4 Å². The topological polar surface area (TPSA) is 74.8 Å². The smallest absolute Gasteiger partial charge is 0.411 e. The number of aromatic nitrogens is 1. The zero-order chi connectivity index (χ0) is 23.0. The number of carbonyl (C=O) groups is 2. The molecule has 0 unspecified atom stereocenters. The number of nitrogens with zero attached hydrogens (tertiary/aromatic N) is 3. The van der Waals surface area contributed by atoms with Gasteiger partial charge in [0.25, 0.3) is 0 Å². The van der Waals surface area contributed by atoms with Crippen LogP contribution in [-0.2, 0) is 11.3 Å². The molecular formula is C25H26N4O3S. The van der Waals surface area contributed by atoms with E-state index in [4.69, 9.17) is 4.74 Å². The van der Waals surface area contributed by atoms with E-state index in [0.29, 0.717) is 11.3 Å². The van der Waals surface area contributed by atoms with E-state index in [2.05, 4.69) is 27.1 Å². The van der Waals surface area contributed by atoms with Gasteiger partial charge in [0.15, 0.2) is 5.78 Å². The highest BCUT2D eigenvalue weighted by atomic mass is 32.1. The summed E-state index contributed by atoms with van der Waals surface area (Å²) >= 11 is 1.53. The molecule has 1 N–H and O–H groups in total. The second kappa shape index (κ2) is 10.9. The van der Waals surface area contributed by atoms with Crippen LogP contribution in [-0.4, -0.2) is 55.0 Å². The second-order valence-corrected chi connectivity index (χ2v) is 8.80. The molecule has 1 fully saturated rings. The van der Waals surface area contributed by atoms with Crippen molar-refractivity contribution < 1.29 is 14.3 Å². The minimum absolute atomic E-state index is 0.131. The molecule has 3 heterocycles. The molecule has 7 nitrogen and oxygen atoms in total. The molecule has 2 aromatic heterocycles. The van der Waals surface area contributed by atoms with E-state index in [9.17, 15) is 9.59 Å². The SMILES string of the molecule is CN1CCN(c2cccc(/C=C/C(=O)c3ccc(NC(=O)OCc4cccs4)cc3)n2)CC1. The van der Waals surface area contributed by atoms with E-state index < -0.39 is 6.09 Å². The lowest BCUT2D eigenvalue weighted by molar-refractivity contribution is 0.104. The average Bonchev–Trinajstić information content (AvgIpc) is 3.36. The molecule has 3 aromatic rings. The van der Waals surface area contributed by atoms with Crippen LogP contribution in [0.5, 0.6) is 0 Å². The Bertz CT molecular complexity index is 1100. The van der Waals surface area contributed by atoms with Gasteiger partial charge < -0.3 is 14.5 Å². The molecule has 0 aliphatic carbocycles. The Morgan fingerprint density at radius 2 is 1.85 bits per heavy atom. The molecule has 0 radical (unpaired) electrons. The van der Waals surface area contributed by atoms with E-state index in [1.807, 2.05) is 35.7 Å². The fourth-order valence-electron chi connectivity index (χ4n) is 3.40. The molecule has 1 aliphatic heterocycles. The maximum atomic E-state index is 12.6. The first-order valence-corrected chi connectivity index (χ1v) is 11.6. The van der Waals surface area contributed by atoms with Crippen molar-refractivity contribution in [2.75, 3.05) is 43.4 Å². The number of rotatable bonds is 7. The number of likely N-dealkylation sites (N-methyl/N-ethyl adjacent to an activating group) is 1. The first kappa shape index (κ1) is 22.7. The van der Waals surface area contributed by atoms with Gasteiger partial charge in [-0.05, 0) is 67.0 Å². The number of pyridine rings is 1. The quantitative estimate of drug-likeness (QED) is 0.410. The number of nitrogens with one attached hydrogen (secondary N) is 1. The summed E-state index contributed by atoms with van der Waals surface area (Å²) in [5.41, 5.74) is 1.83. The van der Waals surface area contributed by atoms with Gasteiger partial charge >= 0.3 is 6.09 Å². The van der Waals surface area contributed by atoms with E-state index in [1.54, 1.807) is 30.3 Å². The molecule has 1 amide bonds. The number of amides is 1. The Morgan fingerprint density at radius 3 is 2.58 bits per heavy atom. The second-order valence-electron chi connectivity index (χ2n) is 7.77. The molecule has 4 rings (SSSR count). The highest BCUT2D eigenvalue weighted by Gasteiger charge is 2.15. The normalized spacial score (nSPS) is 14.4. The van der Waals surface area contributed by atoms with Gasteiger partial charge in [0, 0.05) is 42.3 Å². The highest BCUT2D eigenvalue weighted by Crippen LogP contribution is 2.16. The van der Waals surface area contributed by atoms with Crippen molar-refractivity contribution in [2.24, 2.45) is 0 Å². The first-order valence-electron chi connectivity index (χ1n) is 10.8. The fraction of sp³-hybridized carbons (Fsp3) is 0.240. The molecule has 1 saturated heterocycles. The van der Waals surface area contributed by atoms with Crippen LogP contribution in [0.4, 0.5) is 16.3 Å². The standard InChI is InChI=1S/C25H26N4O3S/c1-28-13-15-29(16-14-28)24-6-2-4-20(26-24)11-12-23(30)19-7-9-21(10-8-19)27-25(31)32-18-22-5-3-17-33-22/h2-12,17H,13-16,18H2,1H3,(H,27,31)/b12-11+. The van der Waals surface area contributed by atoms with E-state index in [-0.39, 0.29) is 12.4 Å². The third-order valence-corrected chi connectivity index (χ3v) is 6.18. The number of hydrogen-bond donors (Lipinski definition) is 1. The number of piperazine rings is 1. The van der Waals surface area contributed by atoms with Gasteiger partial charge in [-0.15, -0.1) is 11.3 Å². The summed E-state index contributed by atoms with van der Waals surface area (Å²) in [4.78, 5) is 34.7. The number of allylic oxidation sites excluding steroid dienone is 1. The molecule has 1 aromatic carbocycles. The van der Waals surface area contributed by atoms with Gasteiger partial charge in [0.05, 0.1) is 5.69 Å². The highest BCUT2D eigenvalue weighted by molar-refractivity contribution is 7.09. The predicted octanol–water partition coefficient (Wildman–Crippen LogP) is 4.54. The number of ketones is 1. The third-order valence-electron chi connectivity index (χ3n) is 5.33. The van der Waals surface area contributed by atoms with Crippen molar-refractivity contribution in [1.82, 2.24) is 9.88 Å². The molecule has 8 heteroatoms. The molecular weight excluding hydrogens is 436 g/mol. The van der Waals surface area contributed by atoms with Crippen molar-refractivity contribution in [2.45, 2.75) is 6.61 Å². The predicted molar refractivity (Wildman–Crippen MR) is 132 cm³/mol. The number of hydrogen-bond acceptors (Lipinski definition) is 7. The Kier molecular flexibility index (Phi) is 7.49. The molecule has 1 aliphatic rings. The summed E-state index contributed by atoms with van der Waals surface area (Å²) in [6.07, 6.45) is 2.72. The monoisotopic (exact) mass is 462 g/mol. The lowest BCUT2D eigenvalue weighted by Crippen LogP contribution is -2.44. The largest absolute Gasteiger partial charge is 0.444 e. The maximum absolute atomic E-state index is 12.6. The van der Waals surface area contributed by atoms with Crippen molar-refractivity contribution >= 4 is 40.8 Å². The van der Waals surface area contributed by atoms with Gasteiger partial charge in [-0.1, -0.05) is 12.1 Å². The molecule has 0 bridgehead atoms. The van der Waals surface area contributed by atoms with Gasteiger partial charge in [-0.2, -0.15) is 0 Å². The minimum Gasteiger partial charge on any atom is -0.444 e. The van der Waals surface area contributed by atoms with Crippen LogP contribution in [0.1, 0.15) is 20.9 Å². The zero-order valence-corrected chi connectivity index (χ0v) is 19.3. The van der Waals surface area contributed by atoms with E-state index in [0.717, 1.165) is 42.6 Å². The van der Waals surface area contributed by atoms with Crippen LogP contribution in [0, 0.1) is 0 Å². The number of anilines is 2. The number of carbonyl (C=O) groups excluding carboxylic acids is 2. The van der Waals surface area contributed by atoms with Crippen molar-refractivity contribution in [3.05, 3.63) is 82.2 Å². The Hall–Kier alpha value is -3.49. The molecule has 33 heavy (non-hydrogen) atoms. The Balaban J connectivity index is 1.31. The lowest BCUT2D eigenvalue weighted by atomic mass is 10.1. The number of benzene rings is 1. The molecule has 0 atom stereocenters. The minimum atomic E-state index is -0.534. The van der Waals surface area contributed by atoms with Crippen molar-refractivity contribution in [3.8, 4) is 0 Å². The van der Waals surface area contributed by atoms with Gasteiger partial charge in [0.2, 0.25) is 0 Å². The number of thiophene rings is 1. The summed E-state index contributed by atoms with van der Waals surface area (Å²) in [5.74, 6) is 0.799. The summed E-state index contributed by atoms with van der Waals surface area (Å²) in [7, 11) is 2.12. The fourth-order valence-corrected chi connectivity index (χ4v) is 4.02. The molecule has 0 saturated carbocycles. The Morgan fingerprint density at radius 1 is 1.06 bits per heavy atom. The molecule has 170 valence electrons. The van der Waals surface area contributed by atoms with Crippen LogP contribution >= 0.6 is 11.3 Å². The third kappa shape index (κ3) is 6.50. The number of ether oxygens (including phenoxy) is 1. The van der Waals surface area contributed by atoms with Crippen LogP contribution in [0.25, 0.3) is 6.08 Å². The van der Waals surface area contributed by atoms with Gasteiger partial charge in [-0.3, -0.25) is 10.1 Å². The van der Waals surface area contributed by atoms with Gasteiger partial charge in [-0.25, -0.2) is 9.78 Å².